The van der Waals surface area contributed by atoms with Gasteiger partial charge in [0, 0.05) is 18.7 Å². The molecule has 1 atom stereocenters. The number of benzene rings is 2. The molecule has 5 nitrogen and oxygen atoms in total. The molecular weight excluding hydrogens is 336 g/mol. The Morgan fingerprint density at radius 3 is 2.20 bits per heavy atom. The van der Waals surface area contributed by atoms with E-state index in [1.54, 1.807) is 31.2 Å². The standard InChI is InChI=1S/C19H24N2O3S/c1-4-21(25(3,23)24)18-12-10-17(11-13-18)19(22)20-14-15(2)16-8-6-5-7-9-16/h5-13,15H,4,14H2,1-3H3,(H,20,22)/t15-/m0/s1. The van der Waals surface area contributed by atoms with E-state index >= 15 is 0 Å². The van der Waals surface area contributed by atoms with Gasteiger partial charge in [0.25, 0.3) is 5.91 Å². The maximum absolute atomic E-state index is 12.3. The number of nitrogens with zero attached hydrogens (tertiary/aromatic N) is 1. The maximum atomic E-state index is 12.3. The molecule has 0 saturated carbocycles. The first-order valence-electron chi connectivity index (χ1n) is 8.24. The Morgan fingerprint density at radius 2 is 1.68 bits per heavy atom. The molecule has 1 amide bonds. The van der Waals surface area contributed by atoms with E-state index in [1.807, 2.05) is 30.3 Å². The summed E-state index contributed by atoms with van der Waals surface area (Å²) in [6.07, 6.45) is 1.17. The first-order chi connectivity index (χ1) is 11.8. The molecule has 2 rings (SSSR count). The molecule has 0 aliphatic heterocycles. The van der Waals surface area contributed by atoms with Crippen LogP contribution in [0, 0.1) is 0 Å². The minimum Gasteiger partial charge on any atom is -0.351 e. The molecule has 0 unspecified atom stereocenters. The van der Waals surface area contributed by atoms with Crippen molar-refractivity contribution in [1.82, 2.24) is 5.32 Å². The molecule has 0 fully saturated rings. The predicted molar refractivity (Wildman–Crippen MR) is 101 cm³/mol. The highest BCUT2D eigenvalue weighted by molar-refractivity contribution is 7.92. The lowest BCUT2D eigenvalue weighted by atomic mass is 10.0. The van der Waals surface area contributed by atoms with Gasteiger partial charge in [-0.1, -0.05) is 37.3 Å². The minimum atomic E-state index is -3.32. The smallest absolute Gasteiger partial charge is 0.251 e. The second kappa shape index (κ2) is 8.16. The molecule has 0 bridgehead atoms. The van der Waals surface area contributed by atoms with Crippen LogP contribution in [0.15, 0.2) is 54.6 Å². The van der Waals surface area contributed by atoms with E-state index < -0.39 is 10.0 Å². The van der Waals surface area contributed by atoms with Gasteiger partial charge < -0.3 is 5.32 Å². The molecule has 1 N–H and O–H groups in total. The molecule has 6 heteroatoms. The monoisotopic (exact) mass is 360 g/mol. The van der Waals surface area contributed by atoms with Crippen molar-refractivity contribution in [2.75, 3.05) is 23.7 Å². The van der Waals surface area contributed by atoms with Crippen molar-refractivity contribution in [3.05, 3.63) is 65.7 Å². The SMILES string of the molecule is CCN(c1ccc(C(=O)NC[C@H](C)c2ccccc2)cc1)S(C)(=O)=O. The summed E-state index contributed by atoms with van der Waals surface area (Å²) >= 11 is 0. The van der Waals surface area contributed by atoms with E-state index in [2.05, 4.69) is 12.2 Å². The van der Waals surface area contributed by atoms with Crippen LogP contribution in [0.4, 0.5) is 5.69 Å². The zero-order chi connectivity index (χ0) is 18.4. The topological polar surface area (TPSA) is 66.5 Å². The number of sulfonamides is 1. The second-order valence-corrected chi connectivity index (χ2v) is 7.90. The minimum absolute atomic E-state index is 0.170. The second-order valence-electron chi connectivity index (χ2n) is 6.00. The first-order valence-corrected chi connectivity index (χ1v) is 10.1. The van der Waals surface area contributed by atoms with Crippen LogP contribution in [-0.2, 0) is 10.0 Å². The van der Waals surface area contributed by atoms with Crippen LogP contribution >= 0.6 is 0 Å². The molecule has 0 spiro atoms. The fourth-order valence-electron chi connectivity index (χ4n) is 2.63. The highest BCUT2D eigenvalue weighted by atomic mass is 32.2. The van der Waals surface area contributed by atoms with Crippen LogP contribution in [0.2, 0.25) is 0 Å². The average Bonchev–Trinajstić information content (AvgIpc) is 2.60. The summed E-state index contributed by atoms with van der Waals surface area (Å²) in [6, 6.07) is 16.6. The van der Waals surface area contributed by atoms with Crippen molar-refractivity contribution in [1.29, 1.82) is 0 Å². The van der Waals surface area contributed by atoms with Crippen molar-refractivity contribution in [2.24, 2.45) is 0 Å². The number of amides is 1. The molecule has 25 heavy (non-hydrogen) atoms. The summed E-state index contributed by atoms with van der Waals surface area (Å²) in [7, 11) is -3.32. The number of nitrogens with one attached hydrogen (secondary N) is 1. The molecule has 2 aromatic carbocycles. The zero-order valence-electron chi connectivity index (χ0n) is 14.8. The number of hydrogen-bond acceptors (Lipinski definition) is 3. The Balaban J connectivity index is 2.01. The van der Waals surface area contributed by atoms with E-state index in [0.29, 0.717) is 24.3 Å². The van der Waals surface area contributed by atoms with Crippen molar-refractivity contribution in [2.45, 2.75) is 19.8 Å². The van der Waals surface area contributed by atoms with E-state index in [0.717, 1.165) is 0 Å². The van der Waals surface area contributed by atoms with Gasteiger partial charge >= 0.3 is 0 Å². The summed E-state index contributed by atoms with van der Waals surface area (Å²) < 4.78 is 24.8. The molecule has 2 aromatic rings. The van der Waals surface area contributed by atoms with Gasteiger partial charge in [-0.25, -0.2) is 8.42 Å². The Labute approximate surface area is 149 Å². The van der Waals surface area contributed by atoms with Crippen molar-refractivity contribution in [3.8, 4) is 0 Å². The van der Waals surface area contributed by atoms with Crippen LogP contribution in [0.3, 0.4) is 0 Å². The van der Waals surface area contributed by atoms with Gasteiger partial charge in [0.1, 0.15) is 0 Å². The summed E-state index contributed by atoms with van der Waals surface area (Å²) in [5.74, 6) is 0.0435. The van der Waals surface area contributed by atoms with Gasteiger partial charge in [0.05, 0.1) is 11.9 Å². The van der Waals surface area contributed by atoms with Crippen molar-refractivity contribution < 1.29 is 13.2 Å². The molecule has 134 valence electrons. The van der Waals surface area contributed by atoms with E-state index in [4.69, 9.17) is 0 Å². The number of carbonyl (C=O) groups is 1. The van der Waals surface area contributed by atoms with Crippen LogP contribution in [0.5, 0.6) is 0 Å². The van der Waals surface area contributed by atoms with Crippen molar-refractivity contribution >= 4 is 21.6 Å². The van der Waals surface area contributed by atoms with Crippen LogP contribution in [0.25, 0.3) is 0 Å². The van der Waals surface area contributed by atoms with Crippen LogP contribution in [-0.4, -0.2) is 33.7 Å². The first kappa shape index (κ1) is 19.0. The van der Waals surface area contributed by atoms with Gasteiger partial charge in [-0.2, -0.15) is 0 Å². The Bertz CT molecular complexity index is 802. The van der Waals surface area contributed by atoms with E-state index in [-0.39, 0.29) is 11.8 Å². The molecule has 0 aromatic heterocycles. The number of hydrogen-bond donors (Lipinski definition) is 1. The summed E-state index contributed by atoms with van der Waals surface area (Å²) in [5, 5.41) is 2.92. The molecule has 0 radical (unpaired) electrons. The van der Waals surface area contributed by atoms with Gasteiger partial charge in [0.2, 0.25) is 10.0 Å². The summed E-state index contributed by atoms with van der Waals surface area (Å²) in [6.45, 7) is 4.71. The third-order valence-electron chi connectivity index (χ3n) is 4.04. The Kier molecular flexibility index (Phi) is 6.20. The van der Waals surface area contributed by atoms with Crippen LogP contribution < -0.4 is 9.62 Å². The highest BCUT2D eigenvalue weighted by Gasteiger charge is 2.16. The fraction of sp³-hybridized carbons (Fsp3) is 0.316. The number of carbonyl (C=O) groups excluding carboxylic acids is 1. The van der Waals surface area contributed by atoms with Crippen LogP contribution in [0.1, 0.15) is 35.7 Å². The number of anilines is 1. The van der Waals surface area contributed by atoms with Gasteiger partial charge in [0.15, 0.2) is 0 Å². The van der Waals surface area contributed by atoms with Gasteiger partial charge in [-0.3, -0.25) is 9.10 Å². The van der Waals surface area contributed by atoms with E-state index in [1.165, 1.54) is 16.1 Å². The lowest BCUT2D eigenvalue weighted by molar-refractivity contribution is 0.0951. The molecular formula is C19H24N2O3S. The largest absolute Gasteiger partial charge is 0.351 e. The predicted octanol–water partition coefficient (Wildman–Crippen LogP) is 3.01. The molecule has 0 aliphatic rings. The normalized spacial score (nSPS) is 12.4. The van der Waals surface area contributed by atoms with Gasteiger partial charge in [-0.05, 0) is 42.7 Å². The third kappa shape index (κ3) is 5.06. The Morgan fingerprint density at radius 1 is 1.08 bits per heavy atom. The average molecular weight is 360 g/mol. The quantitative estimate of drug-likeness (QED) is 0.825. The lowest BCUT2D eigenvalue weighted by Crippen LogP contribution is -2.30. The molecule has 0 heterocycles. The third-order valence-corrected chi connectivity index (χ3v) is 5.31. The lowest BCUT2D eigenvalue weighted by Gasteiger charge is -2.20. The number of rotatable bonds is 7. The maximum Gasteiger partial charge on any atom is 0.251 e. The Hall–Kier alpha value is -2.34. The van der Waals surface area contributed by atoms with Gasteiger partial charge in [-0.15, -0.1) is 0 Å². The van der Waals surface area contributed by atoms with E-state index in [9.17, 15) is 13.2 Å². The zero-order valence-corrected chi connectivity index (χ0v) is 15.6. The summed E-state index contributed by atoms with van der Waals surface area (Å²) in [5.41, 5.74) is 2.23. The molecule has 0 aliphatic carbocycles. The molecule has 0 saturated heterocycles. The summed E-state index contributed by atoms with van der Waals surface area (Å²) in [4.78, 5) is 12.3. The van der Waals surface area contributed by atoms with Crippen molar-refractivity contribution in [3.63, 3.8) is 0 Å². The fourth-order valence-corrected chi connectivity index (χ4v) is 3.61. The highest BCUT2D eigenvalue weighted by Crippen LogP contribution is 2.18.